The number of aliphatic hydroxyl groups excluding tert-OH is 1. The largest absolute Gasteiger partial charge is 0.373 e. The Bertz CT molecular complexity index is 4280. The maximum Gasteiger partial charge on any atom is 0.335 e. The molecule has 30 nitrogen and oxygen atoms in total. The first-order chi connectivity index (χ1) is 53.5. The number of sulfone groups is 2. The van der Waals surface area contributed by atoms with E-state index in [1.54, 1.807) is 81.6 Å². The van der Waals surface area contributed by atoms with Crippen LogP contribution in [0.15, 0.2) is 192 Å². The van der Waals surface area contributed by atoms with Gasteiger partial charge in [0, 0.05) is 12.5 Å². The molecule has 1 saturated carbocycles. The van der Waals surface area contributed by atoms with E-state index in [1.165, 1.54) is 20.9 Å². The number of likely N-dealkylation sites (N-methyl/N-ethyl adjacent to an activating group) is 2. The molecule has 14 N–H and O–H groups in total. The van der Waals surface area contributed by atoms with E-state index in [0.29, 0.717) is 24.0 Å². The fraction of sp³-hybridized carbons (Fsp3) is 0.400. The van der Waals surface area contributed by atoms with E-state index in [9.17, 15) is 69.9 Å². The SMILES string of the molecule is CCCC(NC(=O)C(CS(C)(=O)=O)NC(=O)C(NC)C1CCCCC1)/C(=N/NC(=O)NC(c1ccccc1)c1ccccc1)C(O)NCC(=O)NC(C(C)=O)c1ccccc1.CCCC(NC(=O)C(CS(C)(=O)=O)NC)/C(=N/NC(=O)NC(c1ccccc1)c1ccccc1)C(=O)NCC(=O)NC(C(C)=O)c1ccccc1. The highest BCUT2D eigenvalue weighted by molar-refractivity contribution is 7.91. The number of rotatable bonds is 40. The summed E-state index contributed by atoms with van der Waals surface area (Å²) in [5, 5.41) is 49.9. The number of nitrogens with zero attached hydrogens (tertiary/aromatic N) is 2. The van der Waals surface area contributed by atoms with Crippen LogP contribution < -0.4 is 69.3 Å². The molecule has 0 spiro atoms. The Labute approximate surface area is 654 Å². The molecule has 0 aliphatic heterocycles. The van der Waals surface area contributed by atoms with Crippen LogP contribution in [-0.4, -0.2) is 180 Å². The second-order valence-corrected chi connectivity index (χ2v) is 31.5. The number of aliphatic hydroxyl groups is 1. The van der Waals surface area contributed by atoms with Crippen molar-refractivity contribution in [3.8, 4) is 0 Å². The van der Waals surface area contributed by atoms with Gasteiger partial charge in [0.2, 0.25) is 29.5 Å². The minimum atomic E-state index is -3.81. The van der Waals surface area contributed by atoms with Crippen molar-refractivity contribution in [3.63, 3.8) is 0 Å². The Hall–Kier alpha value is -10.9. The molecule has 602 valence electrons. The van der Waals surface area contributed by atoms with Crippen LogP contribution >= 0.6 is 0 Å². The Morgan fingerprint density at radius 3 is 1.20 bits per heavy atom. The molecular formula is C80H105N15O15S2. The van der Waals surface area contributed by atoms with Gasteiger partial charge in [-0.25, -0.2) is 37.3 Å². The summed E-state index contributed by atoms with van der Waals surface area (Å²) in [6.07, 6.45) is 5.94. The molecule has 10 amide bonds. The van der Waals surface area contributed by atoms with Crippen LogP contribution in [0.3, 0.4) is 0 Å². The van der Waals surface area contributed by atoms with Gasteiger partial charge in [0.1, 0.15) is 61.5 Å². The fourth-order valence-corrected chi connectivity index (χ4v) is 14.4. The summed E-state index contributed by atoms with van der Waals surface area (Å²) in [5.74, 6) is -6.16. The number of hydrogen-bond donors (Lipinski definition) is 14. The number of benzene rings is 6. The molecule has 32 heteroatoms. The van der Waals surface area contributed by atoms with E-state index >= 15 is 0 Å². The second kappa shape index (κ2) is 46.1. The number of carbonyl (C=O) groups is 10. The van der Waals surface area contributed by atoms with Crippen molar-refractivity contribution in [1.82, 2.24) is 69.3 Å². The van der Waals surface area contributed by atoms with E-state index < -0.39 is 152 Å². The molecule has 7 rings (SSSR count). The van der Waals surface area contributed by atoms with Gasteiger partial charge in [-0.15, -0.1) is 0 Å². The van der Waals surface area contributed by atoms with E-state index in [2.05, 4.69) is 79.5 Å². The van der Waals surface area contributed by atoms with Crippen molar-refractivity contribution in [3.05, 3.63) is 215 Å². The lowest BCUT2D eigenvalue weighted by Gasteiger charge is -2.31. The summed E-state index contributed by atoms with van der Waals surface area (Å²) in [7, 11) is -4.30. The van der Waals surface area contributed by atoms with Crippen LogP contribution in [0, 0.1) is 5.92 Å². The molecule has 8 unspecified atom stereocenters. The van der Waals surface area contributed by atoms with Crippen molar-refractivity contribution < 1.29 is 69.9 Å². The number of carbonyl (C=O) groups excluding carboxylic acids is 10. The Kier molecular flexibility index (Phi) is 37.0. The van der Waals surface area contributed by atoms with Crippen molar-refractivity contribution in [2.75, 3.05) is 51.2 Å². The molecule has 0 bridgehead atoms. The van der Waals surface area contributed by atoms with Crippen LogP contribution in [0.4, 0.5) is 9.59 Å². The van der Waals surface area contributed by atoms with Crippen molar-refractivity contribution >= 4 is 90.2 Å². The maximum absolute atomic E-state index is 14.1. The molecule has 0 heterocycles. The van der Waals surface area contributed by atoms with Crippen molar-refractivity contribution in [1.29, 1.82) is 0 Å². The van der Waals surface area contributed by atoms with Gasteiger partial charge in [0.25, 0.3) is 5.91 Å². The van der Waals surface area contributed by atoms with Crippen LogP contribution in [0.25, 0.3) is 0 Å². The normalized spacial score (nSPS) is 14.8. The third-order valence-electron chi connectivity index (χ3n) is 18.1. The van der Waals surface area contributed by atoms with Gasteiger partial charge >= 0.3 is 12.1 Å². The van der Waals surface area contributed by atoms with E-state index in [1.807, 2.05) is 121 Å². The number of urea groups is 2. The van der Waals surface area contributed by atoms with Gasteiger partial charge in [-0.05, 0) is 92.9 Å². The number of nitrogens with one attached hydrogen (secondary N) is 13. The van der Waals surface area contributed by atoms with Gasteiger partial charge in [0.15, 0.2) is 11.6 Å². The molecule has 1 fully saturated rings. The number of Topliss-reactive ketones (excluding diaryl/α,β-unsaturated/α-hetero) is 2. The van der Waals surface area contributed by atoms with Crippen LogP contribution in [0.1, 0.15) is 143 Å². The first-order valence-corrected chi connectivity index (χ1v) is 41.1. The van der Waals surface area contributed by atoms with Gasteiger partial charge in [-0.1, -0.05) is 228 Å². The summed E-state index contributed by atoms with van der Waals surface area (Å²) in [6.45, 7) is 5.19. The molecule has 1 aliphatic carbocycles. The summed E-state index contributed by atoms with van der Waals surface area (Å²) in [4.78, 5) is 132. The summed E-state index contributed by atoms with van der Waals surface area (Å²) in [5.41, 5.74) is 8.46. The van der Waals surface area contributed by atoms with Gasteiger partial charge in [-0.3, -0.25) is 43.7 Å². The smallest absolute Gasteiger partial charge is 0.335 e. The van der Waals surface area contributed by atoms with Crippen LogP contribution in [0.5, 0.6) is 0 Å². The van der Waals surface area contributed by atoms with Crippen molar-refractivity contribution in [2.24, 2.45) is 16.1 Å². The zero-order valence-corrected chi connectivity index (χ0v) is 65.9. The zero-order chi connectivity index (χ0) is 81.8. The number of hydrazone groups is 2. The van der Waals surface area contributed by atoms with Gasteiger partial charge in [0.05, 0.1) is 54.8 Å². The third kappa shape index (κ3) is 30.4. The molecule has 6 aromatic carbocycles. The lowest BCUT2D eigenvalue weighted by Crippen LogP contribution is -2.59. The quantitative estimate of drug-likeness (QED) is 0.0141. The van der Waals surface area contributed by atoms with Gasteiger partial charge < -0.3 is 58.3 Å². The highest BCUT2D eigenvalue weighted by Gasteiger charge is 2.36. The Morgan fingerprint density at radius 1 is 0.438 bits per heavy atom. The summed E-state index contributed by atoms with van der Waals surface area (Å²) < 4.78 is 49.2. The summed E-state index contributed by atoms with van der Waals surface area (Å²) >= 11 is 0. The van der Waals surface area contributed by atoms with Crippen LogP contribution in [0.2, 0.25) is 0 Å². The van der Waals surface area contributed by atoms with Crippen LogP contribution in [-0.2, 0) is 58.0 Å². The lowest BCUT2D eigenvalue weighted by atomic mass is 9.83. The number of hydrogen-bond acceptors (Lipinski definition) is 20. The molecule has 0 saturated heterocycles. The Balaban J connectivity index is 0.000000355. The van der Waals surface area contributed by atoms with E-state index in [0.717, 1.165) is 66.9 Å². The topological polar surface area (TPSA) is 440 Å². The minimum Gasteiger partial charge on any atom is -0.373 e. The number of ketones is 2. The lowest BCUT2D eigenvalue weighted by molar-refractivity contribution is -0.130. The predicted octanol–water partition coefficient (Wildman–Crippen LogP) is 4.68. The zero-order valence-electron chi connectivity index (χ0n) is 64.2. The number of amides is 10. The molecule has 6 aromatic rings. The first kappa shape index (κ1) is 90.0. The molecule has 0 radical (unpaired) electrons. The molecule has 1 aliphatic rings. The fourth-order valence-electron chi connectivity index (χ4n) is 12.7. The Morgan fingerprint density at radius 2 is 0.804 bits per heavy atom. The molecular weight excluding hydrogens is 1480 g/mol. The van der Waals surface area contributed by atoms with E-state index in [4.69, 9.17) is 0 Å². The molecule has 112 heavy (non-hydrogen) atoms. The molecule has 0 aromatic heterocycles. The maximum atomic E-state index is 14.1. The van der Waals surface area contributed by atoms with Gasteiger partial charge in [-0.2, -0.15) is 10.2 Å². The average molecular weight is 1580 g/mol. The highest BCUT2D eigenvalue weighted by atomic mass is 32.2. The first-order valence-electron chi connectivity index (χ1n) is 37.0. The molecule has 8 atom stereocenters. The average Bonchev–Trinajstić information content (AvgIpc) is 0.843. The minimum absolute atomic E-state index is 0.00436. The highest BCUT2D eigenvalue weighted by Crippen LogP contribution is 2.28. The summed E-state index contributed by atoms with van der Waals surface area (Å²) in [6, 6.07) is 43.9. The third-order valence-corrected chi connectivity index (χ3v) is 20.0. The van der Waals surface area contributed by atoms with E-state index in [-0.39, 0.29) is 41.7 Å². The second-order valence-electron chi connectivity index (χ2n) is 27.2. The predicted molar refractivity (Wildman–Crippen MR) is 428 cm³/mol. The standard InChI is InChI=1S/C44H60N8O8S.C36H45N7O7S/c1-5-18-34(47-41(55)35(28-61(4,59)60)48-43(57)39(45-3)33-25-16-9-17-26-33)40(42(56)46-27-36(54)49-37(29(2)53)30-19-10-6-11-20-30)51-52-44(58)50-38(31-21-12-7-13-22-31)32-23-14-8-15-24-32;1-5-15-28(39-34(46)29(37-3)23-51(4,49)50)33(35(47)38-22-30(45)40-31(24(2)44)25-16-9-6-10-17-25)42-43-36(48)41-32(26-18-11-7-12-19-26)27-20-13-8-14-21-27/h6-8,10-15,19-24,33-35,37-39,42,45-46,56H,5,9,16-18,25-28H2,1-4H3,(H,47,55)(H,48,57)(H,49,54)(H2,50,52,58);6-14,16-21,28-29,31-32,37H,5,15,22-23H2,1-4H3,(H,38,47)(H,39,46)(H,40,45)(H2,41,43,48)/b51-40-;42-33-. The van der Waals surface area contributed by atoms with Crippen molar-refractivity contribution in [2.45, 2.75) is 146 Å². The monoisotopic (exact) mass is 1580 g/mol.